The van der Waals surface area contributed by atoms with Crippen molar-refractivity contribution in [2.45, 2.75) is 19.5 Å². The molecule has 0 radical (unpaired) electrons. The maximum absolute atomic E-state index is 12.0. The Hall–Kier alpha value is -1.42. The summed E-state index contributed by atoms with van der Waals surface area (Å²) in [6, 6.07) is 5.02. The summed E-state index contributed by atoms with van der Waals surface area (Å²) in [7, 11) is 0. The SMILES string of the molecule is NCC1=CCCc2cc(OC(F)F)ccc21. The number of hydrogen-bond acceptors (Lipinski definition) is 2. The van der Waals surface area contributed by atoms with E-state index in [0.717, 1.165) is 29.5 Å². The number of ether oxygens (including phenoxy) is 1. The number of hydrogen-bond donors (Lipinski definition) is 1. The van der Waals surface area contributed by atoms with Crippen molar-refractivity contribution in [3.05, 3.63) is 35.4 Å². The topological polar surface area (TPSA) is 35.2 Å². The molecule has 2 rings (SSSR count). The highest BCUT2D eigenvalue weighted by Gasteiger charge is 2.13. The van der Waals surface area contributed by atoms with E-state index in [0.29, 0.717) is 6.54 Å². The molecule has 4 heteroatoms. The zero-order valence-electron chi connectivity index (χ0n) is 8.75. The Balaban J connectivity index is 2.30. The van der Waals surface area contributed by atoms with E-state index in [4.69, 9.17) is 5.73 Å². The summed E-state index contributed by atoms with van der Waals surface area (Å²) in [6.45, 7) is -2.30. The lowest BCUT2D eigenvalue weighted by molar-refractivity contribution is -0.0498. The van der Waals surface area contributed by atoms with Crippen LogP contribution in [0.5, 0.6) is 5.75 Å². The van der Waals surface area contributed by atoms with Gasteiger partial charge in [-0.1, -0.05) is 12.1 Å². The van der Waals surface area contributed by atoms with Gasteiger partial charge in [-0.15, -0.1) is 0 Å². The normalized spacial score (nSPS) is 14.6. The third kappa shape index (κ3) is 2.22. The van der Waals surface area contributed by atoms with Crippen LogP contribution in [0.25, 0.3) is 5.57 Å². The average Bonchev–Trinajstić information content (AvgIpc) is 2.27. The zero-order valence-corrected chi connectivity index (χ0v) is 8.75. The van der Waals surface area contributed by atoms with Crippen LogP contribution in [0.4, 0.5) is 8.78 Å². The summed E-state index contributed by atoms with van der Waals surface area (Å²) in [5.41, 5.74) is 8.77. The second-order valence-electron chi connectivity index (χ2n) is 3.67. The van der Waals surface area contributed by atoms with Crippen LogP contribution in [0.3, 0.4) is 0 Å². The first-order chi connectivity index (χ1) is 7.70. The highest BCUT2D eigenvalue weighted by molar-refractivity contribution is 5.71. The van der Waals surface area contributed by atoms with Crippen molar-refractivity contribution >= 4 is 5.57 Å². The van der Waals surface area contributed by atoms with Gasteiger partial charge < -0.3 is 10.5 Å². The van der Waals surface area contributed by atoms with E-state index >= 15 is 0 Å². The van der Waals surface area contributed by atoms with Crippen molar-refractivity contribution in [1.82, 2.24) is 0 Å². The molecule has 0 fully saturated rings. The number of alkyl halides is 2. The highest BCUT2D eigenvalue weighted by atomic mass is 19.3. The third-order valence-corrected chi connectivity index (χ3v) is 2.67. The Morgan fingerprint density at radius 1 is 1.38 bits per heavy atom. The Morgan fingerprint density at radius 3 is 2.88 bits per heavy atom. The molecule has 0 bridgehead atoms. The molecular formula is C12H13F2NO. The van der Waals surface area contributed by atoms with Crippen LogP contribution in [0, 0.1) is 0 Å². The van der Waals surface area contributed by atoms with Gasteiger partial charge in [-0.05, 0) is 41.7 Å². The van der Waals surface area contributed by atoms with Crippen LogP contribution in [0.15, 0.2) is 24.3 Å². The molecule has 0 aliphatic heterocycles. The number of nitrogens with two attached hydrogens (primary N) is 1. The standard InChI is InChI=1S/C12H13F2NO/c13-12(14)16-10-4-5-11-8(6-10)2-1-3-9(11)7-15/h3-6,12H,1-2,7,15H2. The summed E-state index contributed by atoms with van der Waals surface area (Å²) < 4.78 is 28.4. The summed E-state index contributed by atoms with van der Waals surface area (Å²) in [5.74, 6) is 0.215. The van der Waals surface area contributed by atoms with Crippen LogP contribution in [-0.4, -0.2) is 13.2 Å². The van der Waals surface area contributed by atoms with E-state index in [1.165, 1.54) is 0 Å². The number of halogens is 2. The largest absolute Gasteiger partial charge is 0.435 e. The van der Waals surface area contributed by atoms with Crippen molar-refractivity contribution in [3.63, 3.8) is 0 Å². The Morgan fingerprint density at radius 2 is 2.19 bits per heavy atom. The number of rotatable bonds is 3. The molecule has 1 aromatic rings. The Labute approximate surface area is 92.7 Å². The second kappa shape index (κ2) is 4.61. The fraction of sp³-hybridized carbons (Fsp3) is 0.333. The van der Waals surface area contributed by atoms with Crippen LogP contribution in [-0.2, 0) is 6.42 Å². The van der Waals surface area contributed by atoms with E-state index in [-0.39, 0.29) is 5.75 Å². The Bertz CT molecular complexity index is 415. The first-order valence-electron chi connectivity index (χ1n) is 5.18. The van der Waals surface area contributed by atoms with Gasteiger partial charge in [0.1, 0.15) is 5.75 Å². The predicted molar refractivity (Wildman–Crippen MR) is 58.4 cm³/mol. The molecular weight excluding hydrogens is 212 g/mol. The first kappa shape index (κ1) is 11.1. The minimum absolute atomic E-state index is 0.215. The highest BCUT2D eigenvalue weighted by Crippen LogP contribution is 2.29. The number of benzene rings is 1. The summed E-state index contributed by atoms with van der Waals surface area (Å²) >= 11 is 0. The lowest BCUT2D eigenvalue weighted by atomic mass is 9.91. The maximum Gasteiger partial charge on any atom is 0.387 e. The van der Waals surface area contributed by atoms with Gasteiger partial charge in [0.05, 0.1) is 0 Å². The molecule has 1 aliphatic rings. The first-order valence-corrected chi connectivity index (χ1v) is 5.18. The van der Waals surface area contributed by atoms with Crippen molar-refractivity contribution in [2.75, 3.05) is 6.54 Å². The van der Waals surface area contributed by atoms with Gasteiger partial charge in [0.15, 0.2) is 0 Å². The van der Waals surface area contributed by atoms with Gasteiger partial charge in [-0.25, -0.2) is 0 Å². The van der Waals surface area contributed by atoms with Gasteiger partial charge in [0.2, 0.25) is 0 Å². The van der Waals surface area contributed by atoms with E-state index in [9.17, 15) is 8.78 Å². The van der Waals surface area contributed by atoms with Gasteiger partial charge in [-0.3, -0.25) is 0 Å². The van der Waals surface area contributed by atoms with Crippen LogP contribution >= 0.6 is 0 Å². The second-order valence-corrected chi connectivity index (χ2v) is 3.67. The van der Waals surface area contributed by atoms with Crippen molar-refractivity contribution in [2.24, 2.45) is 5.73 Å². The molecule has 2 N–H and O–H groups in total. The lowest BCUT2D eigenvalue weighted by Crippen LogP contribution is -2.09. The minimum Gasteiger partial charge on any atom is -0.435 e. The molecule has 0 spiro atoms. The summed E-state index contributed by atoms with van der Waals surface area (Å²) in [5, 5.41) is 0. The van der Waals surface area contributed by atoms with Crippen LogP contribution < -0.4 is 10.5 Å². The minimum atomic E-state index is -2.77. The zero-order chi connectivity index (χ0) is 11.5. The maximum atomic E-state index is 12.0. The molecule has 2 nitrogen and oxygen atoms in total. The monoisotopic (exact) mass is 225 g/mol. The summed E-state index contributed by atoms with van der Waals surface area (Å²) in [4.78, 5) is 0. The van der Waals surface area contributed by atoms with E-state index in [1.807, 2.05) is 0 Å². The van der Waals surface area contributed by atoms with Gasteiger partial charge >= 0.3 is 6.61 Å². The van der Waals surface area contributed by atoms with Gasteiger partial charge in [0, 0.05) is 6.54 Å². The number of fused-ring (bicyclic) bond motifs is 1. The molecule has 0 amide bonds. The molecule has 0 unspecified atom stereocenters. The molecule has 1 aromatic carbocycles. The molecule has 0 heterocycles. The molecule has 0 saturated heterocycles. The lowest BCUT2D eigenvalue weighted by Gasteiger charge is -2.17. The van der Waals surface area contributed by atoms with Gasteiger partial charge in [-0.2, -0.15) is 8.78 Å². The molecule has 0 atom stereocenters. The Kier molecular flexibility index (Phi) is 3.19. The molecule has 1 aliphatic carbocycles. The van der Waals surface area contributed by atoms with Crippen molar-refractivity contribution in [3.8, 4) is 5.75 Å². The smallest absolute Gasteiger partial charge is 0.387 e. The fourth-order valence-corrected chi connectivity index (χ4v) is 1.97. The molecule has 16 heavy (non-hydrogen) atoms. The number of allylic oxidation sites excluding steroid dienone is 1. The molecule has 86 valence electrons. The van der Waals surface area contributed by atoms with E-state index in [2.05, 4.69) is 10.8 Å². The number of aryl methyl sites for hydroxylation is 1. The van der Waals surface area contributed by atoms with Crippen molar-refractivity contribution < 1.29 is 13.5 Å². The van der Waals surface area contributed by atoms with Crippen LogP contribution in [0.1, 0.15) is 17.5 Å². The van der Waals surface area contributed by atoms with E-state index < -0.39 is 6.61 Å². The van der Waals surface area contributed by atoms with E-state index in [1.54, 1.807) is 18.2 Å². The van der Waals surface area contributed by atoms with Gasteiger partial charge in [0.25, 0.3) is 0 Å². The fourth-order valence-electron chi connectivity index (χ4n) is 1.97. The van der Waals surface area contributed by atoms with Crippen LogP contribution in [0.2, 0.25) is 0 Å². The molecule has 0 saturated carbocycles. The summed E-state index contributed by atoms with van der Waals surface area (Å²) in [6.07, 6.45) is 3.84. The molecule has 0 aromatic heterocycles. The quantitative estimate of drug-likeness (QED) is 0.858. The predicted octanol–water partition coefficient (Wildman–Crippen LogP) is 2.58. The average molecular weight is 225 g/mol. The third-order valence-electron chi connectivity index (χ3n) is 2.67. The van der Waals surface area contributed by atoms with Crippen molar-refractivity contribution in [1.29, 1.82) is 0 Å².